The Bertz CT molecular complexity index is 494. The van der Waals surface area contributed by atoms with Crippen molar-refractivity contribution < 1.29 is 0 Å². The molecule has 0 heterocycles. The van der Waals surface area contributed by atoms with Gasteiger partial charge in [-0.3, -0.25) is 0 Å². The molecule has 0 amide bonds. The molecule has 0 nitrogen and oxygen atoms in total. The van der Waals surface area contributed by atoms with E-state index in [0.717, 1.165) is 0 Å². The van der Waals surface area contributed by atoms with Gasteiger partial charge in [0, 0.05) is 5.92 Å². The summed E-state index contributed by atoms with van der Waals surface area (Å²) in [6.45, 7) is 0. The first kappa shape index (κ1) is 8.49. The normalized spacial score (nSPS) is 17.7. The van der Waals surface area contributed by atoms with E-state index in [4.69, 9.17) is 0 Å². The van der Waals surface area contributed by atoms with Crippen LogP contribution < -0.4 is 0 Å². The van der Waals surface area contributed by atoms with Gasteiger partial charge in [-0.1, -0.05) is 60.7 Å². The van der Waals surface area contributed by atoms with Crippen LogP contribution in [0.3, 0.4) is 0 Å². The molecule has 0 saturated carbocycles. The third kappa shape index (κ3) is 1.39. The maximum Gasteiger partial charge on any atom is 0.0278 e. The van der Waals surface area contributed by atoms with Crippen molar-refractivity contribution >= 4 is 6.08 Å². The van der Waals surface area contributed by atoms with Gasteiger partial charge in [-0.05, 0) is 22.8 Å². The van der Waals surface area contributed by atoms with E-state index in [-0.39, 0.29) is 0 Å². The third-order valence-corrected chi connectivity index (χ3v) is 2.90. The van der Waals surface area contributed by atoms with Crippen LogP contribution in [0.5, 0.6) is 0 Å². The van der Waals surface area contributed by atoms with Crippen molar-refractivity contribution in [2.24, 2.45) is 0 Å². The first-order valence-corrected chi connectivity index (χ1v) is 5.18. The number of rotatable bonds is 1. The van der Waals surface area contributed by atoms with Gasteiger partial charge in [0.15, 0.2) is 0 Å². The number of hydrogen-bond acceptors (Lipinski definition) is 0. The molecule has 2 aromatic carbocycles. The van der Waals surface area contributed by atoms with E-state index < -0.39 is 0 Å². The Morgan fingerprint density at radius 1 is 0.933 bits per heavy atom. The molecule has 0 saturated heterocycles. The molecular weight excluding hydrogens is 180 g/mol. The summed E-state index contributed by atoms with van der Waals surface area (Å²) in [5.41, 5.74) is 4.09. The van der Waals surface area contributed by atoms with E-state index in [2.05, 4.69) is 54.6 Å². The quantitative estimate of drug-likeness (QED) is 0.645. The maximum atomic E-state index is 3.06. The summed E-state index contributed by atoms with van der Waals surface area (Å²) in [7, 11) is 0. The van der Waals surface area contributed by atoms with E-state index in [1.54, 1.807) is 0 Å². The topological polar surface area (TPSA) is 0 Å². The zero-order valence-corrected chi connectivity index (χ0v) is 8.35. The zero-order chi connectivity index (χ0) is 10.1. The summed E-state index contributed by atoms with van der Waals surface area (Å²) >= 11 is 0. The molecule has 0 aliphatic heterocycles. The number of allylic oxidation sites excluding steroid dienone is 1. The molecule has 1 aliphatic carbocycles. The average Bonchev–Trinajstić information content (AvgIpc) is 2.74. The molecule has 15 heavy (non-hydrogen) atoms. The monoisotopic (exact) mass is 191 g/mol. The highest BCUT2D eigenvalue weighted by atomic mass is 14.2. The number of benzene rings is 2. The average molecular weight is 191 g/mol. The lowest BCUT2D eigenvalue weighted by Crippen LogP contribution is -1.94. The molecule has 0 N–H and O–H groups in total. The lowest BCUT2D eigenvalue weighted by molar-refractivity contribution is 1.05. The fourth-order valence-electron chi connectivity index (χ4n) is 2.15. The largest absolute Gasteiger partial charge is 0.0720 e. The first-order valence-electron chi connectivity index (χ1n) is 5.18. The Morgan fingerprint density at radius 2 is 1.73 bits per heavy atom. The minimum absolute atomic E-state index is 0.427. The van der Waals surface area contributed by atoms with E-state index in [1.807, 2.05) is 12.1 Å². The Balaban J connectivity index is 2.09. The van der Waals surface area contributed by atoms with Crippen molar-refractivity contribution in [1.29, 1.82) is 0 Å². The van der Waals surface area contributed by atoms with Crippen LogP contribution in [0, 0.1) is 6.07 Å². The molecule has 0 heteroatoms. The van der Waals surface area contributed by atoms with Gasteiger partial charge >= 0.3 is 0 Å². The molecule has 1 unspecified atom stereocenters. The highest BCUT2D eigenvalue weighted by Crippen LogP contribution is 2.34. The van der Waals surface area contributed by atoms with Crippen molar-refractivity contribution in [3.8, 4) is 0 Å². The Hall–Kier alpha value is -1.82. The van der Waals surface area contributed by atoms with Crippen LogP contribution in [0.15, 0.2) is 54.6 Å². The molecule has 0 bridgehead atoms. The van der Waals surface area contributed by atoms with Crippen molar-refractivity contribution in [3.05, 3.63) is 77.4 Å². The standard InChI is InChI=1S/C15H11/c1-2-6-12(7-3-1)15-11-10-13-8-4-5-9-14(13)15/h2-11,15H. The Kier molecular flexibility index (Phi) is 1.92. The highest BCUT2D eigenvalue weighted by molar-refractivity contribution is 5.65. The van der Waals surface area contributed by atoms with Crippen LogP contribution in [0.2, 0.25) is 0 Å². The molecule has 0 spiro atoms. The number of hydrogen-bond donors (Lipinski definition) is 0. The van der Waals surface area contributed by atoms with Gasteiger partial charge in [-0.2, -0.15) is 0 Å². The summed E-state index contributed by atoms with van der Waals surface area (Å²) in [6.07, 6.45) is 4.47. The molecule has 1 atom stereocenters. The van der Waals surface area contributed by atoms with Crippen molar-refractivity contribution in [2.75, 3.05) is 0 Å². The summed E-state index contributed by atoms with van der Waals surface area (Å²) in [5, 5.41) is 0. The SMILES string of the molecule is [c]1ccc(C2C=Cc3ccccc32)cc1. The van der Waals surface area contributed by atoms with Crippen LogP contribution in [-0.4, -0.2) is 0 Å². The first-order chi connectivity index (χ1) is 7.45. The van der Waals surface area contributed by atoms with Gasteiger partial charge < -0.3 is 0 Å². The van der Waals surface area contributed by atoms with E-state index >= 15 is 0 Å². The van der Waals surface area contributed by atoms with Crippen LogP contribution in [0.1, 0.15) is 22.6 Å². The van der Waals surface area contributed by atoms with E-state index in [1.165, 1.54) is 16.7 Å². The molecule has 3 rings (SSSR count). The van der Waals surface area contributed by atoms with Gasteiger partial charge in [-0.25, -0.2) is 0 Å². The maximum absolute atomic E-state index is 3.06. The van der Waals surface area contributed by atoms with Gasteiger partial charge in [0.05, 0.1) is 0 Å². The minimum Gasteiger partial charge on any atom is -0.0720 e. The molecule has 0 aromatic heterocycles. The molecule has 2 aromatic rings. The van der Waals surface area contributed by atoms with Gasteiger partial charge in [0.1, 0.15) is 0 Å². The summed E-state index contributed by atoms with van der Waals surface area (Å²) in [4.78, 5) is 0. The fourth-order valence-corrected chi connectivity index (χ4v) is 2.15. The van der Waals surface area contributed by atoms with Crippen molar-refractivity contribution in [2.45, 2.75) is 5.92 Å². The second-order valence-electron chi connectivity index (χ2n) is 3.80. The molecule has 1 aliphatic rings. The van der Waals surface area contributed by atoms with E-state index in [9.17, 15) is 0 Å². The van der Waals surface area contributed by atoms with Crippen molar-refractivity contribution in [3.63, 3.8) is 0 Å². The second-order valence-corrected chi connectivity index (χ2v) is 3.80. The molecule has 1 radical (unpaired) electrons. The van der Waals surface area contributed by atoms with Crippen LogP contribution in [-0.2, 0) is 0 Å². The zero-order valence-electron chi connectivity index (χ0n) is 8.35. The van der Waals surface area contributed by atoms with Crippen molar-refractivity contribution in [1.82, 2.24) is 0 Å². The third-order valence-electron chi connectivity index (χ3n) is 2.90. The van der Waals surface area contributed by atoms with Gasteiger partial charge in [0.2, 0.25) is 0 Å². The predicted octanol–water partition coefficient (Wildman–Crippen LogP) is 3.65. The van der Waals surface area contributed by atoms with Crippen LogP contribution >= 0.6 is 0 Å². The predicted molar refractivity (Wildman–Crippen MR) is 62.6 cm³/mol. The minimum atomic E-state index is 0.427. The smallest absolute Gasteiger partial charge is 0.0278 e. The van der Waals surface area contributed by atoms with Crippen LogP contribution in [0.4, 0.5) is 0 Å². The number of fused-ring (bicyclic) bond motifs is 1. The fraction of sp³-hybridized carbons (Fsp3) is 0.0667. The lowest BCUT2D eigenvalue weighted by atomic mass is 9.93. The molecule has 0 fully saturated rings. The van der Waals surface area contributed by atoms with Crippen LogP contribution in [0.25, 0.3) is 6.08 Å². The Morgan fingerprint density at radius 3 is 2.60 bits per heavy atom. The van der Waals surface area contributed by atoms with Gasteiger partial charge in [-0.15, -0.1) is 0 Å². The molecular formula is C15H11. The summed E-state index contributed by atoms with van der Waals surface area (Å²) in [6, 6.07) is 19.8. The highest BCUT2D eigenvalue weighted by Gasteiger charge is 2.17. The van der Waals surface area contributed by atoms with Gasteiger partial charge in [0.25, 0.3) is 0 Å². The molecule has 71 valence electrons. The summed E-state index contributed by atoms with van der Waals surface area (Å²) < 4.78 is 0. The van der Waals surface area contributed by atoms with E-state index in [0.29, 0.717) is 5.92 Å². The summed E-state index contributed by atoms with van der Waals surface area (Å²) in [5.74, 6) is 0.427. The lowest BCUT2D eigenvalue weighted by Gasteiger charge is -2.10. The second kappa shape index (κ2) is 3.39. The Labute approximate surface area is 89.9 Å².